The molecule has 2 nitrogen and oxygen atoms in total. The first kappa shape index (κ1) is 10.1. The number of thiazole rings is 1. The zero-order chi connectivity index (χ0) is 9.80. The quantitative estimate of drug-likeness (QED) is 0.829. The second-order valence-corrected chi connectivity index (χ2v) is 5.06. The minimum Gasteiger partial charge on any atom is -0.314 e. The first-order valence-electron chi connectivity index (χ1n) is 5.50. The zero-order valence-electron chi connectivity index (χ0n) is 8.70. The summed E-state index contributed by atoms with van der Waals surface area (Å²) in [6.07, 6.45) is 7.03. The average molecular weight is 210 g/mol. The summed E-state index contributed by atoms with van der Waals surface area (Å²) in [7, 11) is 0. The highest BCUT2D eigenvalue weighted by molar-refractivity contribution is 7.09. The molecule has 0 bridgehead atoms. The Hall–Kier alpha value is -0.410. The van der Waals surface area contributed by atoms with E-state index in [4.69, 9.17) is 0 Å². The molecule has 0 saturated carbocycles. The number of piperidine rings is 1. The maximum absolute atomic E-state index is 4.34. The lowest BCUT2D eigenvalue weighted by Crippen LogP contribution is -2.39. The minimum atomic E-state index is 0.667. The van der Waals surface area contributed by atoms with Gasteiger partial charge in [0.1, 0.15) is 0 Å². The predicted molar refractivity (Wildman–Crippen MR) is 60.6 cm³/mol. The highest BCUT2D eigenvalue weighted by Crippen LogP contribution is 2.21. The Morgan fingerprint density at radius 1 is 1.64 bits per heavy atom. The van der Waals surface area contributed by atoms with E-state index >= 15 is 0 Å². The molecule has 0 amide bonds. The van der Waals surface area contributed by atoms with Crippen LogP contribution in [0.1, 0.15) is 31.2 Å². The van der Waals surface area contributed by atoms with Crippen molar-refractivity contribution in [2.24, 2.45) is 5.92 Å². The van der Waals surface area contributed by atoms with Crippen molar-refractivity contribution in [3.63, 3.8) is 0 Å². The normalized spacial score (nSPS) is 27.8. The van der Waals surface area contributed by atoms with Crippen LogP contribution in [0.15, 0.2) is 11.6 Å². The molecule has 2 heterocycles. The van der Waals surface area contributed by atoms with Crippen LogP contribution in [0.3, 0.4) is 0 Å². The van der Waals surface area contributed by atoms with E-state index in [1.54, 1.807) is 11.3 Å². The highest BCUT2D eigenvalue weighted by atomic mass is 32.1. The van der Waals surface area contributed by atoms with Crippen LogP contribution >= 0.6 is 11.3 Å². The molecule has 2 atom stereocenters. The highest BCUT2D eigenvalue weighted by Gasteiger charge is 2.20. The van der Waals surface area contributed by atoms with Crippen LogP contribution in [-0.4, -0.2) is 17.6 Å². The predicted octanol–water partition coefficient (Wildman–Crippen LogP) is 2.46. The van der Waals surface area contributed by atoms with Crippen LogP contribution in [0.4, 0.5) is 0 Å². The monoisotopic (exact) mass is 210 g/mol. The van der Waals surface area contributed by atoms with Gasteiger partial charge < -0.3 is 5.32 Å². The van der Waals surface area contributed by atoms with Gasteiger partial charge in [-0.1, -0.05) is 13.3 Å². The maximum atomic E-state index is 4.34. The molecule has 78 valence electrons. The molecule has 1 fully saturated rings. The molecule has 1 saturated heterocycles. The van der Waals surface area contributed by atoms with Crippen LogP contribution < -0.4 is 5.32 Å². The van der Waals surface area contributed by atoms with E-state index in [-0.39, 0.29) is 0 Å². The molecule has 1 aliphatic heterocycles. The summed E-state index contributed by atoms with van der Waals surface area (Å²) >= 11 is 1.77. The maximum Gasteiger partial charge on any atom is 0.0940 e. The molecule has 1 N–H and O–H groups in total. The standard InChI is InChI=1S/C11H18N2S/c1-2-9-3-4-12-10(7-9)8-11-13-5-6-14-11/h5-6,9-10,12H,2-4,7-8H2,1H3. The van der Waals surface area contributed by atoms with Crippen molar-refractivity contribution >= 4 is 11.3 Å². The van der Waals surface area contributed by atoms with Gasteiger partial charge in [0.2, 0.25) is 0 Å². The van der Waals surface area contributed by atoms with Crippen LogP contribution in [0.5, 0.6) is 0 Å². The lowest BCUT2D eigenvalue weighted by Gasteiger charge is -2.29. The summed E-state index contributed by atoms with van der Waals surface area (Å²) in [5.74, 6) is 0.932. The van der Waals surface area contributed by atoms with Crippen LogP contribution in [0.25, 0.3) is 0 Å². The van der Waals surface area contributed by atoms with E-state index in [0.29, 0.717) is 6.04 Å². The number of hydrogen-bond donors (Lipinski definition) is 1. The van der Waals surface area contributed by atoms with Crippen LogP contribution in [-0.2, 0) is 6.42 Å². The van der Waals surface area contributed by atoms with Gasteiger partial charge >= 0.3 is 0 Å². The van der Waals surface area contributed by atoms with E-state index in [2.05, 4.69) is 22.6 Å². The zero-order valence-corrected chi connectivity index (χ0v) is 9.52. The molecular formula is C11H18N2S. The van der Waals surface area contributed by atoms with Gasteiger partial charge in [-0.25, -0.2) is 4.98 Å². The summed E-state index contributed by atoms with van der Waals surface area (Å²) in [6, 6.07) is 0.667. The Morgan fingerprint density at radius 3 is 3.29 bits per heavy atom. The van der Waals surface area contributed by atoms with Crippen molar-refractivity contribution in [2.75, 3.05) is 6.54 Å². The topological polar surface area (TPSA) is 24.9 Å². The van der Waals surface area contributed by atoms with Crippen molar-refractivity contribution in [3.05, 3.63) is 16.6 Å². The van der Waals surface area contributed by atoms with Crippen molar-refractivity contribution in [1.82, 2.24) is 10.3 Å². The van der Waals surface area contributed by atoms with E-state index in [0.717, 1.165) is 12.3 Å². The Morgan fingerprint density at radius 2 is 2.57 bits per heavy atom. The fourth-order valence-electron chi connectivity index (χ4n) is 2.19. The van der Waals surface area contributed by atoms with Crippen LogP contribution in [0, 0.1) is 5.92 Å². The Kier molecular flexibility index (Phi) is 3.54. The smallest absolute Gasteiger partial charge is 0.0940 e. The van der Waals surface area contributed by atoms with Crippen molar-refractivity contribution in [3.8, 4) is 0 Å². The van der Waals surface area contributed by atoms with Gasteiger partial charge in [-0.3, -0.25) is 0 Å². The lowest BCUT2D eigenvalue weighted by atomic mass is 9.89. The number of hydrogen-bond acceptors (Lipinski definition) is 3. The van der Waals surface area contributed by atoms with E-state index in [9.17, 15) is 0 Å². The third kappa shape index (κ3) is 2.55. The number of nitrogens with zero attached hydrogens (tertiary/aromatic N) is 1. The van der Waals surface area contributed by atoms with Gasteiger partial charge in [-0.2, -0.15) is 0 Å². The average Bonchev–Trinajstić information content (AvgIpc) is 2.71. The van der Waals surface area contributed by atoms with Crippen molar-refractivity contribution in [1.29, 1.82) is 0 Å². The van der Waals surface area contributed by atoms with E-state index in [1.165, 1.54) is 30.8 Å². The molecule has 0 aliphatic carbocycles. The molecule has 0 spiro atoms. The van der Waals surface area contributed by atoms with Gasteiger partial charge in [-0.05, 0) is 25.3 Å². The van der Waals surface area contributed by atoms with Gasteiger partial charge in [-0.15, -0.1) is 11.3 Å². The Labute approximate surface area is 89.8 Å². The summed E-state index contributed by atoms with van der Waals surface area (Å²) < 4.78 is 0. The first-order valence-corrected chi connectivity index (χ1v) is 6.38. The van der Waals surface area contributed by atoms with Gasteiger partial charge in [0.05, 0.1) is 5.01 Å². The van der Waals surface area contributed by atoms with Crippen molar-refractivity contribution in [2.45, 2.75) is 38.6 Å². The number of aromatic nitrogens is 1. The molecule has 14 heavy (non-hydrogen) atoms. The Bertz CT molecular complexity index is 258. The number of rotatable bonds is 3. The van der Waals surface area contributed by atoms with E-state index < -0.39 is 0 Å². The molecular weight excluding hydrogens is 192 g/mol. The number of nitrogens with one attached hydrogen (secondary N) is 1. The molecule has 2 rings (SSSR count). The van der Waals surface area contributed by atoms with Gasteiger partial charge in [0.25, 0.3) is 0 Å². The second-order valence-electron chi connectivity index (χ2n) is 4.08. The largest absolute Gasteiger partial charge is 0.314 e. The fraction of sp³-hybridized carbons (Fsp3) is 0.727. The lowest BCUT2D eigenvalue weighted by molar-refractivity contribution is 0.294. The molecule has 1 aromatic heterocycles. The summed E-state index contributed by atoms with van der Waals surface area (Å²) in [5.41, 5.74) is 0. The molecule has 0 aromatic carbocycles. The third-order valence-electron chi connectivity index (χ3n) is 3.09. The second kappa shape index (κ2) is 4.89. The fourth-order valence-corrected chi connectivity index (χ4v) is 2.88. The molecule has 1 aromatic rings. The SMILES string of the molecule is CCC1CCNC(Cc2nccs2)C1. The van der Waals surface area contributed by atoms with Gasteiger partial charge in [0, 0.05) is 24.0 Å². The molecule has 2 unspecified atom stereocenters. The van der Waals surface area contributed by atoms with Gasteiger partial charge in [0.15, 0.2) is 0 Å². The summed E-state index contributed by atoms with van der Waals surface area (Å²) in [6.45, 7) is 3.49. The summed E-state index contributed by atoms with van der Waals surface area (Å²) in [4.78, 5) is 4.34. The summed E-state index contributed by atoms with van der Waals surface area (Å²) in [5, 5.41) is 6.93. The third-order valence-corrected chi connectivity index (χ3v) is 3.89. The molecule has 1 aliphatic rings. The first-order chi connectivity index (χ1) is 6.88. The van der Waals surface area contributed by atoms with E-state index in [1.807, 2.05) is 6.20 Å². The van der Waals surface area contributed by atoms with Crippen LogP contribution in [0.2, 0.25) is 0 Å². The molecule has 0 radical (unpaired) electrons. The minimum absolute atomic E-state index is 0.667. The Balaban J connectivity index is 1.86. The molecule has 3 heteroatoms. The van der Waals surface area contributed by atoms with Crippen molar-refractivity contribution < 1.29 is 0 Å².